The molecular weight excluding hydrogens is 476 g/mol. The van der Waals surface area contributed by atoms with Crippen molar-refractivity contribution in [1.82, 2.24) is 20.1 Å². The lowest BCUT2D eigenvalue weighted by Gasteiger charge is -2.12. The third kappa shape index (κ3) is 7.56. The average Bonchev–Trinajstić information content (AvgIpc) is 3.32. The van der Waals surface area contributed by atoms with Gasteiger partial charge in [-0.2, -0.15) is 0 Å². The average molecular weight is 513 g/mol. The zero-order chi connectivity index (χ0) is 26.0. The van der Waals surface area contributed by atoms with Gasteiger partial charge < -0.3 is 5.32 Å². The number of rotatable bonds is 12. The summed E-state index contributed by atoms with van der Waals surface area (Å²) in [5.74, 6) is 1.39. The Balaban J connectivity index is 1.45. The molecule has 0 bridgehead atoms. The Bertz CT molecular complexity index is 1300. The molecule has 0 radical (unpaired) electrons. The Morgan fingerprint density at radius 2 is 1.65 bits per heavy atom. The summed E-state index contributed by atoms with van der Waals surface area (Å²) in [5.41, 5.74) is 6.60. The molecule has 0 aliphatic heterocycles. The first-order valence-electron chi connectivity index (χ1n) is 13.1. The second kappa shape index (κ2) is 13.2. The first kappa shape index (κ1) is 26.7. The van der Waals surface area contributed by atoms with Crippen LogP contribution >= 0.6 is 11.8 Å². The molecule has 0 spiro atoms. The van der Waals surface area contributed by atoms with Crippen molar-refractivity contribution >= 4 is 17.7 Å². The summed E-state index contributed by atoms with van der Waals surface area (Å²) in [4.78, 5) is 12.9. The molecule has 4 aromatic rings. The maximum Gasteiger partial charge on any atom is 0.251 e. The highest BCUT2D eigenvalue weighted by Gasteiger charge is 2.16. The van der Waals surface area contributed by atoms with E-state index >= 15 is 0 Å². The number of carbonyl (C=O) groups excluding carboxylic acids is 1. The fourth-order valence-electron chi connectivity index (χ4n) is 4.25. The van der Waals surface area contributed by atoms with Crippen molar-refractivity contribution in [2.45, 2.75) is 70.3 Å². The molecule has 0 saturated carbocycles. The van der Waals surface area contributed by atoms with Crippen LogP contribution < -0.4 is 5.32 Å². The molecule has 0 aliphatic rings. The van der Waals surface area contributed by atoms with Gasteiger partial charge in [0.25, 0.3) is 5.91 Å². The predicted molar refractivity (Wildman–Crippen MR) is 152 cm³/mol. The zero-order valence-corrected chi connectivity index (χ0v) is 22.9. The molecule has 0 atom stereocenters. The van der Waals surface area contributed by atoms with Gasteiger partial charge in [-0.15, -0.1) is 10.2 Å². The van der Waals surface area contributed by atoms with Crippen molar-refractivity contribution in [2.75, 3.05) is 0 Å². The van der Waals surface area contributed by atoms with E-state index < -0.39 is 0 Å². The van der Waals surface area contributed by atoms with Gasteiger partial charge in [-0.3, -0.25) is 9.36 Å². The molecule has 0 fully saturated rings. The van der Waals surface area contributed by atoms with Crippen LogP contribution in [0.25, 0.3) is 5.69 Å². The van der Waals surface area contributed by atoms with Gasteiger partial charge >= 0.3 is 0 Å². The van der Waals surface area contributed by atoms with E-state index in [1.165, 1.54) is 47.9 Å². The Morgan fingerprint density at radius 3 is 2.38 bits per heavy atom. The van der Waals surface area contributed by atoms with E-state index in [4.69, 9.17) is 0 Å². The molecule has 1 heterocycles. The van der Waals surface area contributed by atoms with Crippen molar-refractivity contribution in [3.63, 3.8) is 0 Å². The number of thioether (sulfide) groups is 1. The van der Waals surface area contributed by atoms with Crippen LogP contribution in [0.4, 0.5) is 0 Å². The van der Waals surface area contributed by atoms with Crippen LogP contribution in [-0.2, 0) is 18.7 Å². The zero-order valence-electron chi connectivity index (χ0n) is 22.0. The third-order valence-corrected chi connectivity index (χ3v) is 7.39. The summed E-state index contributed by atoms with van der Waals surface area (Å²) in [5, 5.41) is 12.8. The Hall–Kier alpha value is -3.38. The van der Waals surface area contributed by atoms with Gasteiger partial charge in [0.05, 0.1) is 6.54 Å². The summed E-state index contributed by atoms with van der Waals surface area (Å²) >= 11 is 1.65. The molecule has 0 saturated heterocycles. The number of unbranched alkanes of at least 4 members (excludes halogenated alkanes) is 3. The molecule has 4 rings (SSSR count). The number of nitrogens with zero attached hydrogens (tertiary/aromatic N) is 3. The number of hydrogen-bond donors (Lipinski definition) is 1. The summed E-state index contributed by atoms with van der Waals surface area (Å²) < 4.78 is 2.04. The number of amides is 1. The maximum atomic E-state index is 12.9. The highest BCUT2D eigenvalue weighted by atomic mass is 32.2. The number of benzene rings is 3. The highest BCUT2D eigenvalue weighted by Crippen LogP contribution is 2.26. The van der Waals surface area contributed by atoms with Gasteiger partial charge in [0, 0.05) is 17.0 Å². The lowest BCUT2D eigenvalue weighted by molar-refractivity contribution is 0.0949. The van der Waals surface area contributed by atoms with Gasteiger partial charge in [-0.1, -0.05) is 97.6 Å². The van der Waals surface area contributed by atoms with Crippen LogP contribution in [0.2, 0.25) is 0 Å². The lowest BCUT2D eigenvalue weighted by Crippen LogP contribution is -2.24. The van der Waals surface area contributed by atoms with E-state index in [-0.39, 0.29) is 5.91 Å². The molecular formula is C31H36N4OS. The minimum atomic E-state index is -0.107. The number of aryl methyl sites for hydroxylation is 3. The molecule has 0 unspecified atom stereocenters. The Kier molecular flexibility index (Phi) is 9.55. The van der Waals surface area contributed by atoms with E-state index in [2.05, 4.69) is 96.9 Å². The van der Waals surface area contributed by atoms with Gasteiger partial charge in [0.15, 0.2) is 11.0 Å². The van der Waals surface area contributed by atoms with Crippen LogP contribution in [0.15, 0.2) is 78.0 Å². The van der Waals surface area contributed by atoms with Crippen molar-refractivity contribution in [3.05, 3.63) is 106 Å². The van der Waals surface area contributed by atoms with Crippen LogP contribution in [-0.4, -0.2) is 20.7 Å². The second-order valence-electron chi connectivity index (χ2n) is 9.54. The molecule has 37 heavy (non-hydrogen) atoms. The first-order chi connectivity index (χ1) is 18.0. The lowest BCUT2D eigenvalue weighted by atomic mass is 10.0. The Morgan fingerprint density at radius 1 is 0.865 bits per heavy atom. The van der Waals surface area contributed by atoms with E-state index in [1.54, 1.807) is 11.8 Å². The quantitative estimate of drug-likeness (QED) is 0.161. The molecule has 6 heteroatoms. The topological polar surface area (TPSA) is 59.8 Å². The predicted octanol–water partition coefficient (Wildman–Crippen LogP) is 7.23. The largest absolute Gasteiger partial charge is 0.345 e. The van der Waals surface area contributed by atoms with Gasteiger partial charge in [-0.25, -0.2) is 0 Å². The van der Waals surface area contributed by atoms with E-state index in [0.717, 1.165) is 23.0 Å². The minimum Gasteiger partial charge on any atom is -0.345 e. The molecule has 1 amide bonds. The molecule has 5 nitrogen and oxygen atoms in total. The standard InChI is InChI=1S/C31H36N4OS/c1-4-5-6-7-10-25-14-16-27(17-15-25)30(36)32-21-29-33-34-31(35(29)28-18-12-23(2)13-19-28)37-22-26-11-8-9-24(3)20-26/h8-9,11-20H,4-7,10,21-22H2,1-3H3,(H,32,36). The number of hydrogen-bond acceptors (Lipinski definition) is 4. The fraction of sp³-hybridized carbons (Fsp3) is 0.323. The third-order valence-electron chi connectivity index (χ3n) is 6.39. The molecule has 0 aliphatic carbocycles. The normalized spacial score (nSPS) is 11.0. The van der Waals surface area contributed by atoms with Crippen LogP contribution in [0, 0.1) is 13.8 Å². The smallest absolute Gasteiger partial charge is 0.251 e. The van der Waals surface area contributed by atoms with Crippen molar-refractivity contribution < 1.29 is 4.79 Å². The van der Waals surface area contributed by atoms with Crippen molar-refractivity contribution in [1.29, 1.82) is 0 Å². The van der Waals surface area contributed by atoms with E-state index in [9.17, 15) is 4.79 Å². The number of aromatic nitrogens is 3. The van der Waals surface area contributed by atoms with E-state index in [0.29, 0.717) is 17.9 Å². The molecule has 192 valence electrons. The van der Waals surface area contributed by atoms with Crippen molar-refractivity contribution in [3.8, 4) is 5.69 Å². The van der Waals surface area contributed by atoms with Crippen LogP contribution in [0.5, 0.6) is 0 Å². The summed E-state index contributed by atoms with van der Waals surface area (Å²) in [6.45, 7) is 6.69. The minimum absolute atomic E-state index is 0.107. The van der Waals surface area contributed by atoms with Crippen molar-refractivity contribution in [2.24, 2.45) is 0 Å². The highest BCUT2D eigenvalue weighted by molar-refractivity contribution is 7.98. The van der Waals surface area contributed by atoms with E-state index in [1.807, 2.05) is 16.7 Å². The second-order valence-corrected chi connectivity index (χ2v) is 10.5. The summed E-state index contributed by atoms with van der Waals surface area (Å²) in [6, 6.07) is 24.8. The Labute approximate surface area is 224 Å². The van der Waals surface area contributed by atoms with Gasteiger partial charge in [0.2, 0.25) is 0 Å². The van der Waals surface area contributed by atoms with Gasteiger partial charge in [0.1, 0.15) is 0 Å². The van der Waals surface area contributed by atoms with Crippen LogP contribution in [0.1, 0.15) is 71.0 Å². The summed E-state index contributed by atoms with van der Waals surface area (Å²) in [6.07, 6.45) is 6.03. The maximum absolute atomic E-state index is 12.9. The van der Waals surface area contributed by atoms with Crippen LogP contribution in [0.3, 0.4) is 0 Å². The first-order valence-corrected chi connectivity index (χ1v) is 14.1. The summed E-state index contributed by atoms with van der Waals surface area (Å²) in [7, 11) is 0. The SMILES string of the molecule is CCCCCCc1ccc(C(=O)NCc2nnc(SCc3cccc(C)c3)n2-c2ccc(C)cc2)cc1. The van der Waals surface area contributed by atoms with Gasteiger partial charge in [-0.05, 0) is 62.1 Å². The number of nitrogens with one attached hydrogen (secondary N) is 1. The molecule has 1 N–H and O–H groups in total. The molecule has 1 aromatic heterocycles. The molecule has 3 aromatic carbocycles. The monoisotopic (exact) mass is 512 g/mol. The fourth-order valence-corrected chi connectivity index (χ4v) is 5.17. The number of carbonyl (C=O) groups is 1.